The number of aromatic carboxylic acids is 1. The monoisotopic (exact) mass is 320 g/mol. The summed E-state index contributed by atoms with van der Waals surface area (Å²) in [6, 6.07) is 3.64. The Morgan fingerprint density at radius 3 is 2.60 bits per heavy atom. The van der Waals surface area contributed by atoms with Crippen molar-refractivity contribution in [1.82, 2.24) is 0 Å². The number of hydrogen-bond acceptors (Lipinski definition) is 4. The van der Waals surface area contributed by atoms with Gasteiger partial charge >= 0.3 is 5.97 Å². The number of sulfone groups is 1. The lowest BCUT2D eigenvalue weighted by molar-refractivity contribution is 0.0697. The summed E-state index contributed by atoms with van der Waals surface area (Å²) < 4.78 is 29.3. The predicted molar refractivity (Wildman–Crippen MR) is 76.1 cm³/mol. The van der Waals surface area contributed by atoms with Crippen LogP contribution in [0.25, 0.3) is 0 Å². The van der Waals surface area contributed by atoms with Crippen LogP contribution in [0.5, 0.6) is 0 Å². The second kappa shape index (κ2) is 7.06. The highest BCUT2D eigenvalue weighted by atomic mass is 35.5. The molecule has 0 bridgehead atoms. The molecule has 5 nitrogen and oxygen atoms in total. The molecule has 0 saturated heterocycles. The maximum Gasteiger partial charge on any atom is 0.337 e. The highest BCUT2D eigenvalue weighted by Gasteiger charge is 2.18. The molecule has 1 aromatic carbocycles. The highest BCUT2D eigenvalue weighted by Crippen LogP contribution is 2.21. The molecule has 0 amide bonds. The van der Waals surface area contributed by atoms with E-state index in [0.717, 1.165) is 6.07 Å². The van der Waals surface area contributed by atoms with Gasteiger partial charge in [0.25, 0.3) is 0 Å². The Morgan fingerprint density at radius 2 is 2.05 bits per heavy atom. The van der Waals surface area contributed by atoms with Crippen molar-refractivity contribution >= 4 is 27.4 Å². The van der Waals surface area contributed by atoms with Crippen molar-refractivity contribution in [2.45, 2.75) is 18.7 Å². The lowest BCUT2D eigenvalue weighted by Gasteiger charge is -2.08. The van der Waals surface area contributed by atoms with E-state index in [1.807, 2.05) is 13.8 Å². The van der Waals surface area contributed by atoms with Crippen LogP contribution in [-0.4, -0.2) is 38.5 Å². The molecule has 112 valence electrons. The van der Waals surface area contributed by atoms with Crippen molar-refractivity contribution in [3.8, 4) is 0 Å². The number of carboxylic acid groups (broad SMARTS) is 1. The zero-order valence-corrected chi connectivity index (χ0v) is 12.9. The largest absolute Gasteiger partial charge is 0.478 e. The molecule has 0 fully saturated rings. The van der Waals surface area contributed by atoms with Crippen LogP contribution < -0.4 is 0 Å². The van der Waals surface area contributed by atoms with Gasteiger partial charge in [0.2, 0.25) is 0 Å². The number of ether oxygens (including phenoxy) is 1. The molecule has 1 aromatic rings. The van der Waals surface area contributed by atoms with E-state index in [0.29, 0.717) is 12.5 Å². The molecule has 20 heavy (non-hydrogen) atoms. The number of rotatable bonds is 7. The summed E-state index contributed by atoms with van der Waals surface area (Å²) in [5.74, 6) is -1.13. The van der Waals surface area contributed by atoms with Gasteiger partial charge in [0.1, 0.15) is 0 Å². The van der Waals surface area contributed by atoms with Crippen molar-refractivity contribution in [3.05, 3.63) is 28.8 Å². The third kappa shape index (κ3) is 4.77. The Labute approximate surface area is 123 Å². The van der Waals surface area contributed by atoms with Crippen LogP contribution in [0.1, 0.15) is 24.2 Å². The van der Waals surface area contributed by atoms with E-state index in [9.17, 15) is 13.2 Å². The first-order chi connectivity index (χ1) is 9.24. The lowest BCUT2D eigenvalue weighted by atomic mass is 10.2. The fraction of sp³-hybridized carbons (Fsp3) is 0.462. The molecular weight excluding hydrogens is 304 g/mol. The van der Waals surface area contributed by atoms with Crippen LogP contribution in [0.4, 0.5) is 0 Å². The molecule has 7 heteroatoms. The van der Waals surface area contributed by atoms with Crippen molar-refractivity contribution in [2.24, 2.45) is 5.92 Å². The van der Waals surface area contributed by atoms with Gasteiger partial charge in [-0.05, 0) is 24.1 Å². The quantitative estimate of drug-likeness (QED) is 0.781. The van der Waals surface area contributed by atoms with E-state index in [-0.39, 0.29) is 27.8 Å². The average Bonchev–Trinajstić information content (AvgIpc) is 2.34. The van der Waals surface area contributed by atoms with Crippen molar-refractivity contribution < 1.29 is 23.1 Å². The Kier molecular flexibility index (Phi) is 5.98. The lowest BCUT2D eigenvalue weighted by Crippen LogP contribution is -2.15. The minimum atomic E-state index is -3.58. The van der Waals surface area contributed by atoms with Crippen LogP contribution in [-0.2, 0) is 14.6 Å². The first-order valence-electron chi connectivity index (χ1n) is 6.07. The van der Waals surface area contributed by atoms with Gasteiger partial charge in [-0.2, -0.15) is 0 Å². The van der Waals surface area contributed by atoms with Gasteiger partial charge in [-0.15, -0.1) is 0 Å². The van der Waals surface area contributed by atoms with Gasteiger partial charge in [-0.3, -0.25) is 0 Å². The Morgan fingerprint density at radius 1 is 1.40 bits per heavy atom. The van der Waals surface area contributed by atoms with Crippen molar-refractivity contribution in [1.29, 1.82) is 0 Å². The van der Waals surface area contributed by atoms with Gasteiger partial charge < -0.3 is 9.84 Å². The van der Waals surface area contributed by atoms with E-state index in [1.165, 1.54) is 12.1 Å². The number of halogens is 1. The fourth-order valence-corrected chi connectivity index (χ4v) is 2.81. The molecular formula is C13H17ClO5S. The van der Waals surface area contributed by atoms with E-state index in [4.69, 9.17) is 21.4 Å². The number of benzene rings is 1. The molecule has 0 atom stereocenters. The molecule has 0 saturated carbocycles. The van der Waals surface area contributed by atoms with E-state index in [2.05, 4.69) is 0 Å². The van der Waals surface area contributed by atoms with E-state index < -0.39 is 15.8 Å². The summed E-state index contributed by atoms with van der Waals surface area (Å²) in [6.45, 7) is 4.49. The van der Waals surface area contributed by atoms with Gasteiger partial charge in [0.05, 0.1) is 27.8 Å². The maximum atomic E-state index is 12.0. The number of carboxylic acids is 1. The normalized spacial score (nSPS) is 11.8. The maximum absolute atomic E-state index is 12.0. The summed E-state index contributed by atoms with van der Waals surface area (Å²) in [4.78, 5) is 10.9. The molecule has 0 aliphatic carbocycles. The van der Waals surface area contributed by atoms with Crippen LogP contribution in [0.3, 0.4) is 0 Å². The third-order valence-electron chi connectivity index (χ3n) is 2.47. The highest BCUT2D eigenvalue weighted by molar-refractivity contribution is 7.91. The Bertz CT molecular complexity index is 580. The van der Waals surface area contributed by atoms with Crippen LogP contribution in [0, 0.1) is 5.92 Å². The zero-order chi connectivity index (χ0) is 15.3. The summed E-state index contributed by atoms with van der Waals surface area (Å²) in [5, 5.41) is 8.93. The van der Waals surface area contributed by atoms with Crippen LogP contribution in [0.2, 0.25) is 5.02 Å². The van der Waals surface area contributed by atoms with Gasteiger partial charge in [0.15, 0.2) is 9.84 Å². The molecule has 0 radical (unpaired) electrons. The Balaban J connectivity index is 2.82. The topological polar surface area (TPSA) is 80.7 Å². The number of hydrogen-bond donors (Lipinski definition) is 1. The summed E-state index contributed by atoms with van der Waals surface area (Å²) in [6.07, 6.45) is 0. The third-order valence-corrected chi connectivity index (χ3v) is 4.48. The zero-order valence-electron chi connectivity index (χ0n) is 11.3. The average molecular weight is 321 g/mol. The standard InChI is InChI=1S/C13H17ClO5S/c1-9(2)8-19-5-6-20(17,18)10-3-4-12(14)11(7-10)13(15)16/h3-4,7,9H,5-6,8H2,1-2H3,(H,15,16). The van der Waals surface area contributed by atoms with E-state index >= 15 is 0 Å². The predicted octanol–water partition coefficient (Wildman–Crippen LogP) is 2.48. The molecule has 0 spiro atoms. The smallest absolute Gasteiger partial charge is 0.337 e. The first-order valence-corrected chi connectivity index (χ1v) is 8.10. The minimum absolute atomic E-state index is 0.00695. The van der Waals surface area contributed by atoms with Gasteiger partial charge in [-0.1, -0.05) is 25.4 Å². The summed E-state index contributed by atoms with van der Waals surface area (Å²) >= 11 is 5.70. The van der Waals surface area contributed by atoms with Crippen LogP contribution in [0.15, 0.2) is 23.1 Å². The SMILES string of the molecule is CC(C)COCCS(=O)(=O)c1ccc(Cl)c(C(=O)O)c1. The van der Waals surface area contributed by atoms with Crippen molar-refractivity contribution in [3.63, 3.8) is 0 Å². The molecule has 0 aliphatic rings. The number of carbonyl (C=O) groups is 1. The second-order valence-corrected chi connectivity index (χ2v) is 7.25. The van der Waals surface area contributed by atoms with E-state index in [1.54, 1.807) is 0 Å². The van der Waals surface area contributed by atoms with Gasteiger partial charge in [0, 0.05) is 6.61 Å². The molecule has 0 aliphatic heterocycles. The summed E-state index contributed by atoms with van der Waals surface area (Å²) in [5.41, 5.74) is -0.226. The van der Waals surface area contributed by atoms with Crippen molar-refractivity contribution in [2.75, 3.05) is 19.0 Å². The molecule has 0 aromatic heterocycles. The Hall–Kier alpha value is -1.11. The molecule has 1 rings (SSSR count). The van der Waals surface area contributed by atoms with Gasteiger partial charge in [-0.25, -0.2) is 13.2 Å². The molecule has 0 heterocycles. The second-order valence-electron chi connectivity index (χ2n) is 4.73. The van der Waals surface area contributed by atoms with Crippen LogP contribution >= 0.6 is 11.6 Å². The summed E-state index contributed by atoms with van der Waals surface area (Å²) in [7, 11) is -3.58. The first kappa shape index (κ1) is 16.9. The molecule has 1 N–H and O–H groups in total. The minimum Gasteiger partial charge on any atom is -0.478 e. The molecule has 0 unspecified atom stereocenters. The fourth-order valence-electron chi connectivity index (χ4n) is 1.47.